The van der Waals surface area contributed by atoms with Crippen molar-refractivity contribution < 1.29 is 5.11 Å². The summed E-state index contributed by atoms with van der Waals surface area (Å²) in [6, 6.07) is 7.93. The second kappa shape index (κ2) is 6.93. The van der Waals surface area contributed by atoms with Gasteiger partial charge in [0.25, 0.3) is 0 Å². The first kappa shape index (κ1) is 15.1. The Morgan fingerprint density at radius 3 is 2.67 bits per heavy atom. The zero-order valence-corrected chi connectivity index (χ0v) is 13.3. The third kappa shape index (κ3) is 3.49. The van der Waals surface area contributed by atoms with Crippen molar-refractivity contribution in [2.45, 2.75) is 70.4 Å². The number of benzene rings is 1. The Balaban J connectivity index is 1.68. The predicted molar refractivity (Wildman–Crippen MR) is 87.5 cm³/mol. The Kier molecular flexibility index (Phi) is 4.97. The molecule has 0 bridgehead atoms. The first-order chi connectivity index (χ1) is 10.3. The molecule has 0 aromatic heterocycles. The van der Waals surface area contributed by atoms with E-state index in [0.29, 0.717) is 24.6 Å². The number of nitrogens with one attached hydrogen (secondary N) is 1. The van der Waals surface area contributed by atoms with Crippen molar-refractivity contribution in [1.82, 2.24) is 5.32 Å². The van der Waals surface area contributed by atoms with Gasteiger partial charge in [-0.1, -0.05) is 31.0 Å². The fourth-order valence-electron chi connectivity index (χ4n) is 4.09. The molecule has 116 valence electrons. The second-order valence-electron chi connectivity index (χ2n) is 6.96. The van der Waals surface area contributed by atoms with Gasteiger partial charge in [0.1, 0.15) is 0 Å². The molecule has 2 aliphatic carbocycles. The molecule has 1 aromatic carbocycles. The summed E-state index contributed by atoms with van der Waals surface area (Å²) in [6.07, 6.45) is 10.1. The van der Waals surface area contributed by atoms with Crippen molar-refractivity contribution in [3.05, 3.63) is 34.9 Å². The summed E-state index contributed by atoms with van der Waals surface area (Å²) in [7, 11) is 0. The van der Waals surface area contributed by atoms with E-state index in [-0.39, 0.29) is 0 Å². The lowest BCUT2D eigenvalue weighted by Crippen LogP contribution is -2.41. The zero-order chi connectivity index (χ0) is 14.7. The van der Waals surface area contributed by atoms with Crippen LogP contribution in [-0.2, 0) is 12.8 Å². The predicted octanol–water partition coefficient (Wildman–Crippen LogP) is 3.77. The molecule has 21 heavy (non-hydrogen) atoms. The highest BCUT2D eigenvalue weighted by atomic mass is 16.3. The minimum Gasteiger partial charge on any atom is -0.396 e. The topological polar surface area (TPSA) is 32.3 Å². The lowest BCUT2D eigenvalue weighted by atomic mass is 9.84. The van der Waals surface area contributed by atoms with Crippen molar-refractivity contribution >= 4 is 0 Å². The van der Waals surface area contributed by atoms with Gasteiger partial charge in [-0.2, -0.15) is 0 Å². The molecule has 0 heterocycles. The summed E-state index contributed by atoms with van der Waals surface area (Å²) in [6.45, 7) is 2.60. The standard InChI is InChI=1S/C19H29NO/c1-14(20-19-9-5-4-8-18(19)13-21)16-11-10-15-6-2-3-7-17(15)12-16/h10-12,14,18-21H,2-9,13H2,1H3. The van der Waals surface area contributed by atoms with Crippen LogP contribution in [0.5, 0.6) is 0 Å². The van der Waals surface area contributed by atoms with E-state index in [4.69, 9.17) is 0 Å². The second-order valence-corrected chi connectivity index (χ2v) is 6.96. The van der Waals surface area contributed by atoms with Gasteiger partial charge in [-0.3, -0.25) is 0 Å². The van der Waals surface area contributed by atoms with E-state index in [0.717, 1.165) is 0 Å². The lowest BCUT2D eigenvalue weighted by Gasteiger charge is -2.33. The number of rotatable bonds is 4. The molecule has 2 aliphatic rings. The molecule has 2 N–H and O–H groups in total. The summed E-state index contributed by atoms with van der Waals surface area (Å²) in [5.41, 5.74) is 4.54. The number of fused-ring (bicyclic) bond motifs is 1. The molecule has 3 rings (SSSR count). The van der Waals surface area contributed by atoms with E-state index in [1.54, 1.807) is 11.1 Å². The molecule has 0 amide bonds. The molecule has 0 spiro atoms. The largest absolute Gasteiger partial charge is 0.396 e. The zero-order valence-electron chi connectivity index (χ0n) is 13.3. The first-order valence-corrected chi connectivity index (χ1v) is 8.76. The number of aliphatic hydroxyl groups is 1. The maximum absolute atomic E-state index is 9.56. The third-order valence-corrected chi connectivity index (χ3v) is 5.48. The van der Waals surface area contributed by atoms with Crippen molar-refractivity contribution in [3.63, 3.8) is 0 Å². The quantitative estimate of drug-likeness (QED) is 0.883. The van der Waals surface area contributed by atoms with Crippen molar-refractivity contribution in [1.29, 1.82) is 0 Å². The minimum absolute atomic E-state index is 0.328. The van der Waals surface area contributed by atoms with Gasteiger partial charge in [0.2, 0.25) is 0 Å². The van der Waals surface area contributed by atoms with E-state index in [2.05, 4.69) is 30.4 Å². The fraction of sp³-hybridized carbons (Fsp3) is 0.684. The van der Waals surface area contributed by atoms with E-state index in [1.807, 2.05) is 0 Å². The van der Waals surface area contributed by atoms with Crippen LogP contribution in [-0.4, -0.2) is 17.8 Å². The van der Waals surface area contributed by atoms with Gasteiger partial charge in [-0.15, -0.1) is 0 Å². The molecule has 1 fully saturated rings. The minimum atomic E-state index is 0.328. The number of hydrogen-bond acceptors (Lipinski definition) is 2. The summed E-state index contributed by atoms with van der Waals surface area (Å²) >= 11 is 0. The van der Waals surface area contributed by atoms with Crippen molar-refractivity contribution in [2.24, 2.45) is 5.92 Å². The first-order valence-electron chi connectivity index (χ1n) is 8.76. The smallest absolute Gasteiger partial charge is 0.0474 e. The lowest BCUT2D eigenvalue weighted by molar-refractivity contribution is 0.147. The van der Waals surface area contributed by atoms with Gasteiger partial charge in [-0.25, -0.2) is 0 Å². The average Bonchev–Trinajstić information content (AvgIpc) is 2.55. The Morgan fingerprint density at radius 1 is 1.10 bits per heavy atom. The van der Waals surface area contributed by atoms with Crippen LogP contribution < -0.4 is 5.32 Å². The van der Waals surface area contributed by atoms with Gasteiger partial charge >= 0.3 is 0 Å². The normalized spacial score (nSPS) is 27.1. The van der Waals surface area contributed by atoms with Crippen LogP contribution in [0.4, 0.5) is 0 Å². The van der Waals surface area contributed by atoms with Crippen molar-refractivity contribution in [2.75, 3.05) is 6.61 Å². The van der Waals surface area contributed by atoms with E-state index < -0.39 is 0 Å². The highest BCUT2D eigenvalue weighted by Gasteiger charge is 2.26. The Morgan fingerprint density at radius 2 is 1.86 bits per heavy atom. The molecule has 1 aromatic rings. The van der Waals surface area contributed by atoms with Crippen LogP contribution in [0, 0.1) is 5.92 Å². The molecular weight excluding hydrogens is 258 g/mol. The van der Waals surface area contributed by atoms with Crippen LogP contribution in [0.3, 0.4) is 0 Å². The van der Waals surface area contributed by atoms with Gasteiger partial charge in [0.05, 0.1) is 0 Å². The summed E-state index contributed by atoms with van der Waals surface area (Å²) in [5.74, 6) is 0.443. The molecule has 3 atom stereocenters. The maximum atomic E-state index is 9.56. The Hall–Kier alpha value is -0.860. The van der Waals surface area contributed by atoms with Crippen LogP contribution in [0.2, 0.25) is 0 Å². The Labute approximate surface area is 129 Å². The van der Waals surface area contributed by atoms with Crippen LogP contribution in [0.25, 0.3) is 0 Å². The molecule has 0 aliphatic heterocycles. The number of aryl methyl sites for hydroxylation is 2. The SMILES string of the molecule is CC(NC1CCCCC1CO)c1ccc2c(c1)CCCC2. The van der Waals surface area contributed by atoms with Crippen LogP contribution in [0.15, 0.2) is 18.2 Å². The average molecular weight is 287 g/mol. The van der Waals surface area contributed by atoms with Crippen LogP contribution in [0.1, 0.15) is 68.2 Å². The van der Waals surface area contributed by atoms with E-state index >= 15 is 0 Å². The molecule has 3 unspecified atom stereocenters. The van der Waals surface area contributed by atoms with Crippen molar-refractivity contribution in [3.8, 4) is 0 Å². The molecule has 0 saturated heterocycles. The number of hydrogen-bond donors (Lipinski definition) is 2. The molecular formula is C19H29NO. The highest BCUT2D eigenvalue weighted by Crippen LogP contribution is 2.28. The highest BCUT2D eigenvalue weighted by molar-refractivity contribution is 5.35. The van der Waals surface area contributed by atoms with Gasteiger partial charge in [0, 0.05) is 18.7 Å². The third-order valence-electron chi connectivity index (χ3n) is 5.48. The van der Waals surface area contributed by atoms with E-state index in [9.17, 15) is 5.11 Å². The summed E-state index contributed by atoms with van der Waals surface area (Å²) < 4.78 is 0. The summed E-state index contributed by atoms with van der Waals surface area (Å²) in [5, 5.41) is 13.3. The van der Waals surface area contributed by atoms with Gasteiger partial charge in [-0.05, 0) is 68.1 Å². The molecule has 1 saturated carbocycles. The fourth-order valence-corrected chi connectivity index (χ4v) is 4.09. The van der Waals surface area contributed by atoms with Gasteiger partial charge in [0.15, 0.2) is 0 Å². The molecule has 0 radical (unpaired) electrons. The summed E-state index contributed by atoms with van der Waals surface area (Å²) in [4.78, 5) is 0. The number of aliphatic hydroxyl groups excluding tert-OH is 1. The monoisotopic (exact) mass is 287 g/mol. The Bertz CT molecular complexity index is 471. The maximum Gasteiger partial charge on any atom is 0.0474 e. The van der Waals surface area contributed by atoms with E-state index in [1.165, 1.54) is 56.9 Å². The molecule has 2 nitrogen and oxygen atoms in total. The van der Waals surface area contributed by atoms with Gasteiger partial charge < -0.3 is 10.4 Å². The molecule has 2 heteroatoms. The van der Waals surface area contributed by atoms with Crippen LogP contribution >= 0.6 is 0 Å².